The molecule has 44 heavy (non-hydrogen) atoms. The van der Waals surface area contributed by atoms with Crippen molar-refractivity contribution >= 4 is 40.5 Å². The first kappa shape index (κ1) is 66.0. The zero-order valence-corrected chi connectivity index (χ0v) is 39.9. The van der Waals surface area contributed by atoms with Gasteiger partial charge >= 0.3 is 118 Å². The van der Waals surface area contributed by atoms with Gasteiger partial charge in [-0.15, -0.1) is 0 Å². The smallest absolute Gasteiger partial charge is 0.748 e. The summed E-state index contributed by atoms with van der Waals surface area (Å²) in [5, 5.41) is 0. The zero-order chi connectivity index (χ0) is 32.1. The minimum Gasteiger partial charge on any atom is -0.748 e. The van der Waals surface area contributed by atoms with E-state index in [0.29, 0.717) is 25.7 Å². The van der Waals surface area contributed by atoms with Gasteiger partial charge in [0.05, 0.1) is 40.5 Å². The van der Waals surface area contributed by atoms with Crippen LogP contribution in [0.15, 0.2) is 0 Å². The van der Waals surface area contributed by atoms with Gasteiger partial charge in [-0.05, 0) is 25.7 Å². The molecular weight excluding hydrogens is 700 g/mol. The molecule has 0 aromatic rings. The van der Waals surface area contributed by atoms with Crippen LogP contribution in [-0.4, -0.2) is 74.9 Å². The Morgan fingerprint density at radius 2 is 0.432 bits per heavy atom. The fourth-order valence-electron chi connectivity index (χ4n) is 2.82. The summed E-state index contributed by atoms with van der Waals surface area (Å²) in [4.78, 5) is 0. The molecule has 0 N–H and O–H groups in total. The first-order chi connectivity index (χ1) is 18.2. The van der Waals surface area contributed by atoms with Crippen molar-refractivity contribution in [1.29, 1.82) is 0 Å². The molecule has 0 bridgehead atoms. The Morgan fingerprint density at radius 1 is 0.295 bits per heavy atom. The van der Waals surface area contributed by atoms with E-state index in [-0.39, 0.29) is 141 Å². The van der Waals surface area contributed by atoms with Crippen LogP contribution in [0.2, 0.25) is 0 Å². The van der Waals surface area contributed by atoms with Crippen molar-refractivity contribution in [2.75, 3.05) is 23.0 Å². The van der Waals surface area contributed by atoms with Gasteiger partial charge in [-0.25, -0.2) is 33.7 Å². The monoisotopic (exact) mass is 752 g/mol. The van der Waals surface area contributed by atoms with Crippen LogP contribution >= 0.6 is 0 Å². The largest absolute Gasteiger partial charge is 1.00 e. The van der Waals surface area contributed by atoms with Crippen molar-refractivity contribution < 1.29 is 170 Å². The van der Waals surface area contributed by atoms with E-state index in [1.165, 1.54) is 0 Å². The quantitative estimate of drug-likeness (QED) is 0.0642. The van der Waals surface area contributed by atoms with E-state index >= 15 is 0 Å². The average Bonchev–Trinajstić information content (AvgIpc) is 2.79. The molecule has 0 saturated carbocycles. The third-order valence-electron chi connectivity index (χ3n) is 4.99. The maximum atomic E-state index is 10.0. The predicted octanol–water partition coefficient (Wildman–Crippen LogP) is -7.54. The van der Waals surface area contributed by atoms with Gasteiger partial charge in [-0.2, -0.15) is 0 Å². The summed E-state index contributed by atoms with van der Waals surface area (Å²) in [6, 6.07) is 0. The zero-order valence-electron chi connectivity index (χ0n) is 28.7. The van der Waals surface area contributed by atoms with Gasteiger partial charge in [0.2, 0.25) is 0 Å². The second kappa shape index (κ2) is 42.8. The normalized spacial score (nSPS) is 10.7. The molecule has 0 saturated heterocycles. The molecule has 20 heteroatoms. The van der Waals surface area contributed by atoms with E-state index in [4.69, 9.17) is 0 Å². The van der Waals surface area contributed by atoms with Gasteiger partial charge in [0, 0.05) is 23.0 Å². The van der Waals surface area contributed by atoms with Crippen molar-refractivity contribution in [2.24, 2.45) is 0 Å². The molecule has 0 aliphatic heterocycles. The van der Waals surface area contributed by atoms with Gasteiger partial charge in [0.1, 0.15) is 0 Å². The molecule has 0 spiro atoms. The van der Waals surface area contributed by atoms with E-state index in [0.717, 1.165) is 77.0 Å². The van der Waals surface area contributed by atoms with Crippen molar-refractivity contribution in [1.82, 2.24) is 0 Å². The van der Waals surface area contributed by atoms with E-state index in [9.17, 15) is 51.9 Å². The molecule has 0 fully saturated rings. The summed E-state index contributed by atoms with van der Waals surface area (Å²) in [6.45, 7) is 8.13. The van der Waals surface area contributed by atoms with Crippen LogP contribution in [-0.2, 0) is 40.5 Å². The molecule has 12 nitrogen and oxygen atoms in total. The minimum atomic E-state index is -3.95. The Balaban J connectivity index is -0.0000000635. The molecule has 0 unspecified atom stereocenters. The van der Waals surface area contributed by atoms with Crippen LogP contribution in [0.5, 0.6) is 0 Å². The molecule has 0 rings (SSSR count). The standard InChI is InChI=1S/4C6H14O3S.4Na/c4*1-2-3-4-5-6-10(7,8)9;;;;/h4*2-6H2,1H3,(H,7,8,9);;;;/q;;;;4*+1/p-4. The summed E-state index contributed by atoms with van der Waals surface area (Å²) in [5.41, 5.74) is 0. The molecule has 0 radical (unpaired) electrons. The van der Waals surface area contributed by atoms with Crippen LogP contribution in [0.1, 0.15) is 130 Å². The second-order valence-electron chi connectivity index (χ2n) is 9.29. The molecule has 0 heterocycles. The number of hydrogen-bond acceptors (Lipinski definition) is 12. The molecule has 0 amide bonds. The maximum absolute atomic E-state index is 10.0. The molecule has 0 aromatic heterocycles. The average molecular weight is 753 g/mol. The summed E-state index contributed by atoms with van der Waals surface area (Å²) < 4.78 is 120. The topological polar surface area (TPSA) is 229 Å². The maximum Gasteiger partial charge on any atom is 1.00 e. The van der Waals surface area contributed by atoms with Crippen molar-refractivity contribution in [3.8, 4) is 0 Å². The van der Waals surface area contributed by atoms with E-state index in [2.05, 4.69) is 0 Å². The second-order valence-corrected chi connectivity index (χ2v) is 15.4. The van der Waals surface area contributed by atoms with E-state index in [1.54, 1.807) is 0 Å². The summed E-state index contributed by atoms with van der Waals surface area (Å²) in [7, 11) is -15.8. The van der Waals surface area contributed by atoms with Gasteiger partial charge < -0.3 is 18.2 Å². The van der Waals surface area contributed by atoms with Crippen LogP contribution in [0.4, 0.5) is 0 Å². The third-order valence-corrected chi connectivity index (χ3v) is 8.15. The predicted molar refractivity (Wildman–Crippen MR) is 155 cm³/mol. The van der Waals surface area contributed by atoms with Gasteiger partial charge in [-0.1, -0.05) is 105 Å². The summed E-state index contributed by atoms with van der Waals surface area (Å²) in [6.07, 6.45) is 13.7. The Kier molecular flexibility index (Phi) is 64.2. The molecule has 0 aliphatic rings. The molecule has 0 aliphatic carbocycles. The molecule has 0 aromatic carbocycles. The third kappa shape index (κ3) is 90.8. The van der Waals surface area contributed by atoms with Gasteiger partial charge in [-0.3, -0.25) is 0 Å². The fraction of sp³-hybridized carbons (Fsp3) is 1.00. The first-order valence-corrected chi connectivity index (χ1v) is 20.3. The SMILES string of the molecule is CCCCCCS(=O)(=O)[O-].CCCCCCS(=O)(=O)[O-].CCCCCCS(=O)(=O)[O-].CCCCCCS(=O)(=O)[O-].[Na+].[Na+].[Na+].[Na+]. The molecular formula is C24H52Na4O12S4. The minimum absolute atomic E-state index is 0. The van der Waals surface area contributed by atoms with Crippen LogP contribution < -0.4 is 118 Å². The summed E-state index contributed by atoms with van der Waals surface area (Å²) >= 11 is 0. The van der Waals surface area contributed by atoms with E-state index in [1.807, 2.05) is 27.7 Å². The van der Waals surface area contributed by atoms with Crippen molar-refractivity contribution in [3.05, 3.63) is 0 Å². The first-order valence-electron chi connectivity index (χ1n) is 14.0. The van der Waals surface area contributed by atoms with Gasteiger partial charge in [0.15, 0.2) is 0 Å². The number of rotatable bonds is 20. The van der Waals surface area contributed by atoms with E-state index < -0.39 is 40.5 Å². The van der Waals surface area contributed by atoms with Crippen LogP contribution in [0.3, 0.4) is 0 Å². The van der Waals surface area contributed by atoms with Crippen LogP contribution in [0.25, 0.3) is 0 Å². The fourth-order valence-corrected chi connectivity index (χ4v) is 5.05. The van der Waals surface area contributed by atoms with Gasteiger partial charge in [0.25, 0.3) is 0 Å². The molecule has 0 atom stereocenters. The Hall–Kier alpha value is 3.64. The Bertz CT molecular complexity index is 819. The Morgan fingerprint density at radius 3 is 0.523 bits per heavy atom. The van der Waals surface area contributed by atoms with Crippen molar-refractivity contribution in [3.63, 3.8) is 0 Å². The number of hydrogen-bond donors (Lipinski definition) is 0. The summed E-state index contributed by atoms with van der Waals surface area (Å²) in [5.74, 6) is -0.806. The van der Waals surface area contributed by atoms with Crippen molar-refractivity contribution in [2.45, 2.75) is 130 Å². The number of unbranched alkanes of at least 4 members (excludes halogenated alkanes) is 12. The molecule has 248 valence electrons. The van der Waals surface area contributed by atoms with Crippen LogP contribution in [0, 0.1) is 0 Å². The Labute approximate surface area is 358 Å².